The fourth-order valence-corrected chi connectivity index (χ4v) is 4.08. The molecule has 0 heterocycles. The summed E-state index contributed by atoms with van der Waals surface area (Å²) in [5.74, 6) is 0.0986. The van der Waals surface area contributed by atoms with Gasteiger partial charge in [0.15, 0.2) is 0 Å². The van der Waals surface area contributed by atoms with Gasteiger partial charge < -0.3 is 10.1 Å². The molecule has 0 aliphatic heterocycles. The van der Waals surface area contributed by atoms with E-state index < -0.39 is 11.5 Å². The van der Waals surface area contributed by atoms with Gasteiger partial charge in [-0.1, -0.05) is 76.3 Å². The van der Waals surface area contributed by atoms with Crippen LogP contribution in [0.15, 0.2) is 23.8 Å². The number of ether oxygens (including phenoxy) is 1. The lowest BCUT2D eigenvalue weighted by Crippen LogP contribution is -2.40. The average Bonchev–Trinajstić information content (AvgIpc) is 2.59. The predicted octanol–water partition coefficient (Wildman–Crippen LogP) is 6.53. The third-order valence-electron chi connectivity index (χ3n) is 5.29. The number of esters is 1. The van der Waals surface area contributed by atoms with Crippen LogP contribution in [-0.2, 0) is 14.3 Å². The summed E-state index contributed by atoms with van der Waals surface area (Å²) >= 11 is 6.00. The van der Waals surface area contributed by atoms with Gasteiger partial charge in [0.1, 0.15) is 5.60 Å². The van der Waals surface area contributed by atoms with Gasteiger partial charge in [-0.2, -0.15) is 0 Å². The van der Waals surface area contributed by atoms with Crippen LogP contribution in [0.25, 0.3) is 0 Å². The van der Waals surface area contributed by atoms with Gasteiger partial charge in [-0.25, -0.2) is 0 Å². The minimum Gasteiger partial charge on any atom is -0.460 e. The van der Waals surface area contributed by atoms with Crippen LogP contribution in [0.1, 0.15) is 92.4 Å². The number of halogens is 1. The van der Waals surface area contributed by atoms with E-state index in [1.165, 1.54) is 32.1 Å². The van der Waals surface area contributed by atoms with Gasteiger partial charge in [-0.15, -0.1) is 0 Å². The average molecular weight is 440 g/mol. The van der Waals surface area contributed by atoms with Crippen molar-refractivity contribution >= 4 is 23.5 Å². The summed E-state index contributed by atoms with van der Waals surface area (Å²) < 4.78 is 5.41. The first-order valence-electron chi connectivity index (χ1n) is 11.5. The summed E-state index contributed by atoms with van der Waals surface area (Å²) in [5.41, 5.74) is -0.584. The van der Waals surface area contributed by atoms with Crippen LogP contribution in [0, 0.1) is 17.8 Å². The lowest BCUT2D eigenvalue weighted by Gasteiger charge is -2.27. The van der Waals surface area contributed by atoms with Crippen LogP contribution in [0.5, 0.6) is 0 Å². The third kappa shape index (κ3) is 12.4. The fraction of sp³-hybridized carbons (Fsp3) is 0.760. The maximum atomic E-state index is 13.1. The van der Waals surface area contributed by atoms with E-state index in [1.807, 2.05) is 20.8 Å². The van der Waals surface area contributed by atoms with Crippen LogP contribution >= 0.6 is 11.6 Å². The van der Waals surface area contributed by atoms with E-state index in [4.69, 9.17) is 16.3 Å². The Hall–Kier alpha value is -1.29. The van der Waals surface area contributed by atoms with E-state index in [9.17, 15) is 9.59 Å². The summed E-state index contributed by atoms with van der Waals surface area (Å²) in [5, 5.41) is 3.55. The lowest BCUT2D eigenvalue weighted by molar-refractivity contribution is -0.157. The SMILES string of the molecule is C=C(Cl)C[C@H](CC(=O)OC(C)(C)C)C(=O)N[C@H](/C=C\CC(C)C)CC1CCCCC1. The summed E-state index contributed by atoms with van der Waals surface area (Å²) in [6.45, 7) is 13.5. The Balaban J connectivity index is 2.83. The molecule has 0 saturated heterocycles. The Bertz CT molecular complexity index is 586. The Morgan fingerprint density at radius 1 is 1.17 bits per heavy atom. The van der Waals surface area contributed by atoms with Gasteiger partial charge in [0.25, 0.3) is 0 Å². The Morgan fingerprint density at radius 3 is 2.33 bits per heavy atom. The van der Waals surface area contributed by atoms with Crippen molar-refractivity contribution in [2.75, 3.05) is 0 Å². The molecule has 1 fully saturated rings. The molecule has 0 radical (unpaired) electrons. The quantitative estimate of drug-likeness (QED) is 0.294. The van der Waals surface area contributed by atoms with E-state index in [1.54, 1.807) is 0 Å². The van der Waals surface area contributed by atoms with Gasteiger partial charge in [0, 0.05) is 11.1 Å². The summed E-state index contributed by atoms with van der Waals surface area (Å²) in [6.07, 6.45) is 12.8. The van der Waals surface area contributed by atoms with E-state index in [0.717, 1.165) is 12.8 Å². The number of hydrogen-bond donors (Lipinski definition) is 1. The molecule has 172 valence electrons. The molecule has 0 aromatic heterocycles. The van der Waals surface area contributed by atoms with Gasteiger partial charge in [0.2, 0.25) is 5.91 Å². The number of allylic oxidation sites excluding steroid dienone is 2. The minimum absolute atomic E-state index is 0.000695. The molecule has 0 unspecified atom stereocenters. The molecule has 30 heavy (non-hydrogen) atoms. The summed E-state index contributed by atoms with van der Waals surface area (Å²) in [4.78, 5) is 25.4. The summed E-state index contributed by atoms with van der Waals surface area (Å²) in [6, 6.07) is -0.0240. The number of hydrogen-bond acceptors (Lipinski definition) is 3. The molecule has 1 aliphatic rings. The molecule has 1 N–H and O–H groups in total. The second-order valence-corrected chi connectivity index (χ2v) is 10.7. The molecule has 1 saturated carbocycles. The lowest BCUT2D eigenvalue weighted by atomic mass is 9.84. The van der Waals surface area contributed by atoms with E-state index in [-0.39, 0.29) is 30.8 Å². The van der Waals surface area contributed by atoms with Crippen molar-refractivity contribution in [3.8, 4) is 0 Å². The smallest absolute Gasteiger partial charge is 0.307 e. The van der Waals surface area contributed by atoms with Crippen LogP contribution in [0.2, 0.25) is 0 Å². The molecule has 1 amide bonds. The van der Waals surface area contributed by atoms with E-state index in [2.05, 4.69) is 37.9 Å². The molecule has 5 heteroatoms. The number of rotatable bonds is 11. The maximum absolute atomic E-state index is 13.1. The van der Waals surface area contributed by atoms with Crippen LogP contribution in [-0.4, -0.2) is 23.5 Å². The first kappa shape index (κ1) is 26.7. The van der Waals surface area contributed by atoms with E-state index in [0.29, 0.717) is 16.9 Å². The molecule has 0 spiro atoms. The van der Waals surface area contributed by atoms with Crippen molar-refractivity contribution < 1.29 is 14.3 Å². The number of carbonyl (C=O) groups is 2. The topological polar surface area (TPSA) is 55.4 Å². The summed E-state index contributed by atoms with van der Waals surface area (Å²) in [7, 11) is 0. The van der Waals surface area contributed by atoms with Crippen molar-refractivity contribution in [1.82, 2.24) is 5.32 Å². The third-order valence-corrected chi connectivity index (χ3v) is 5.44. The zero-order valence-corrected chi connectivity index (χ0v) is 20.4. The van der Waals surface area contributed by atoms with Crippen molar-refractivity contribution in [1.29, 1.82) is 0 Å². The van der Waals surface area contributed by atoms with Gasteiger partial charge in [-0.3, -0.25) is 9.59 Å². The van der Waals surface area contributed by atoms with Crippen LogP contribution in [0.3, 0.4) is 0 Å². The highest BCUT2D eigenvalue weighted by Gasteiger charge is 2.28. The van der Waals surface area contributed by atoms with Gasteiger partial charge in [-0.05, 0) is 51.9 Å². The van der Waals surface area contributed by atoms with Crippen molar-refractivity contribution in [3.63, 3.8) is 0 Å². The molecular weight excluding hydrogens is 398 g/mol. The second-order valence-electron chi connectivity index (χ2n) is 10.1. The predicted molar refractivity (Wildman–Crippen MR) is 125 cm³/mol. The molecule has 1 rings (SSSR count). The number of amides is 1. The Labute approximate surface area is 188 Å². The van der Waals surface area contributed by atoms with Crippen LogP contribution in [0.4, 0.5) is 0 Å². The second kappa shape index (κ2) is 13.2. The minimum atomic E-state index is -0.584. The molecule has 2 atom stereocenters. The molecule has 0 aromatic carbocycles. The maximum Gasteiger partial charge on any atom is 0.307 e. The van der Waals surface area contributed by atoms with Gasteiger partial charge >= 0.3 is 5.97 Å². The Kier molecular flexibility index (Phi) is 11.8. The van der Waals surface area contributed by atoms with Gasteiger partial charge in [0.05, 0.1) is 12.3 Å². The molecule has 1 aliphatic carbocycles. The number of nitrogens with one attached hydrogen (secondary N) is 1. The first-order valence-corrected chi connectivity index (χ1v) is 11.9. The fourth-order valence-electron chi connectivity index (χ4n) is 3.89. The molecular formula is C25H42ClNO3. The van der Waals surface area contributed by atoms with Crippen LogP contribution < -0.4 is 5.32 Å². The molecule has 0 bridgehead atoms. The van der Waals surface area contributed by atoms with Crippen molar-refractivity contribution in [2.24, 2.45) is 17.8 Å². The highest BCUT2D eigenvalue weighted by Crippen LogP contribution is 2.28. The highest BCUT2D eigenvalue weighted by atomic mass is 35.5. The monoisotopic (exact) mass is 439 g/mol. The largest absolute Gasteiger partial charge is 0.460 e. The zero-order chi connectivity index (χ0) is 22.7. The van der Waals surface area contributed by atoms with Crippen molar-refractivity contribution in [3.05, 3.63) is 23.8 Å². The highest BCUT2D eigenvalue weighted by molar-refractivity contribution is 6.29. The number of carbonyl (C=O) groups excluding carboxylic acids is 2. The first-order chi connectivity index (χ1) is 14.0. The van der Waals surface area contributed by atoms with E-state index >= 15 is 0 Å². The van der Waals surface area contributed by atoms with Crippen molar-refractivity contribution in [2.45, 2.75) is 104 Å². The standard InChI is InChI=1S/C25H42ClNO3/c1-18(2)11-10-14-22(16-20-12-8-7-9-13-20)27-24(29)21(15-19(3)26)17-23(28)30-25(4,5)6/h10,14,18,20-22H,3,7-9,11-13,15-17H2,1-2,4-6H3,(H,27,29)/b14-10-/t21-,22-/m1/s1. The molecule has 4 nitrogen and oxygen atoms in total. The zero-order valence-electron chi connectivity index (χ0n) is 19.6. The molecule has 0 aromatic rings. The normalized spacial score (nSPS) is 17.7. The Morgan fingerprint density at radius 2 is 1.80 bits per heavy atom.